The number of hydrogen-bond acceptors (Lipinski definition) is 6. The van der Waals surface area contributed by atoms with Gasteiger partial charge < -0.3 is 19.9 Å². The van der Waals surface area contributed by atoms with Crippen LogP contribution in [-0.2, 0) is 16.1 Å². The fraction of sp³-hybridized carbons (Fsp3) is 0.538. The van der Waals surface area contributed by atoms with E-state index in [4.69, 9.17) is 16.3 Å². The highest BCUT2D eigenvalue weighted by atomic mass is 35.5. The second-order valence-electron chi connectivity index (χ2n) is 10.2. The van der Waals surface area contributed by atoms with E-state index < -0.39 is 0 Å². The van der Waals surface area contributed by atoms with Gasteiger partial charge in [-0.3, -0.25) is 9.59 Å². The number of carbonyl (C=O) groups is 2. The van der Waals surface area contributed by atoms with Crippen LogP contribution in [0.3, 0.4) is 0 Å². The molecule has 9 heteroatoms. The van der Waals surface area contributed by atoms with E-state index in [2.05, 4.69) is 15.3 Å². The van der Waals surface area contributed by atoms with Gasteiger partial charge in [0.05, 0.1) is 16.9 Å². The summed E-state index contributed by atoms with van der Waals surface area (Å²) in [6, 6.07) is 6.34. The van der Waals surface area contributed by atoms with Crippen LogP contribution in [0.4, 0.5) is 5.95 Å². The summed E-state index contributed by atoms with van der Waals surface area (Å²) in [5.41, 5.74) is 2.90. The summed E-state index contributed by atoms with van der Waals surface area (Å²) in [6.45, 7) is 2.89. The lowest BCUT2D eigenvalue weighted by Crippen LogP contribution is -2.53. The number of nitrogens with one attached hydrogen (secondary N) is 1. The van der Waals surface area contributed by atoms with Crippen LogP contribution in [0, 0.1) is 5.92 Å². The number of halogens is 1. The molecule has 2 bridgehead atoms. The molecule has 0 spiro atoms. The normalized spacial score (nSPS) is 24.1. The van der Waals surface area contributed by atoms with E-state index in [1.54, 1.807) is 11.1 Å². The van der Waals surface area contributed by atoms with Crippen molar-refractivity contribution in [3.8, 4) is 11.3 Å². The van der Waals surface area contributed by atoms with Crippen molar-refractivity contribution >= 4 is 29.4 Å². The molecule has 5 aliphatic rings. The first-order chi connectivity index (χ1) is 17.0. The van der Waals surface area contributed by atoms with Gasteiger partial charge in [-0.2, -0.15) is 0 Å². The minimum absolute atomic E-state index is 0.0726. The summed E-state index contributed by atoms with van der Waals surface area (Å²) < 4.78 is 5.42. The number of ether oxygens (including phenoxy) is 1. The van der Waals surface area contributed by atoms with Crippen molar-refractivity contribution in [3.05, 3.63) is 40.5 Å². The van der Waals surface area contributed by atoms with Crippen molar-refractivity contribution in [2.45, 2.75) is 57.2 Å². The third-order valence-corrected chi connectivity index (χ3v) is 8.20. The SMILES string of the molecule is O=C1c2cc(-c3nc(NC4CCOCC4)ncc3Cl)ccc2CN1CC(=O)N1CC2CCC1CC2. The van der Waals surface area contributed by atoms with Crippen molar-refractivity contribution in [3.63, 3.8) is 0 Å². The van der Waals surface area contributed by atoms with Gasteiger partial charge in [0.1, 0.15) is 6.54 Å². The van der Waals surface area contributed by atoms with Crippen molar-refractivity contribution in [2.75, 3.05) is 31.6 Å². The Bertz CT molecular complexity index is 1140. The van der Waals surface area contributed by atoms with Crippen LogP contribution in [-0.4, -0.2) is 70.0 Å². The topological polar surface area (TPSA) is 87.7 Å². The Balaban J connectivity index is 1.17. The first kappa shape index (κ1) is 22.7. The molecule has 1 N–H and O–H groups in total. The molecule has 1 saturated carbocycles. The Morgan fingerprint density at radius 2 is 1.94 bits per heavy atom. The minimum Gasteiger partial charge on any atom is -0.381 e. The Morgan fingerprint density at radius 1 is 1.14 bits per heavy atom. The average Bonchev–Trinajstić information content (AvgIpc) is 3.20. The standard InChI is InChI=1S/C26H30ClN5O3/c27-22-12-28-26(29-19-7-9-35-10-8-19)30-24(22)17-3-4-18-14-31(25(34)21(18)11-17)15-23(33)32-13-16-1-5-20(32)6-2-16/h3-4,11-12,16,19-20H,1-2,5-10,13-15H2,(H,28,29,30). The highest BCUT2D eigenvalue weighted by molar-refractivity contribution is 6.33. The van der Waals surface area contributed by atoms with Crippen LogP contribution in [0.25, 0.3) is 11.3 Å². The first-order valence-electron chi connectivity index (χ1n) is 12.6. The lowest BCUT2D eigenvalue weighted by atomic mass is 9.80. The third-order valence-electron chi connectivity index (χ3n) is 7.92. The highest BCUT2D eigenvalue weighted by Gasteiger charge is 2.38. The Labute approximate surface area is 210 Å². The maximum absolute atomic E-state index is 13.2. The van der Waals surface area contributed by atoms with E-state index in [0.717, 1.165) is 56.6 Å². The maximum Gasteiger partial charge on any atom is 0.254 e. The molecule has 184 valence electrons. The summed E-state index contributed by atoms with van der Waals surface area (Å²) in [4.78, 5) is 39.0. The number of rotatable bonds is 5. The van der Waals surface area contributed by atoms with Crippen LogP contribution in [0.1, 0.15) is 54.4 Å². The van der Waals surface area contributed by atoms with E-state index in [9.17, 15) is 9.59 Å². The molecule has 2 amide bonds. The lowest BCUT2D eigenvalue weighted by Gasteiger charge is -2.45. The van der Waals surface area contributed by atoms with Crippen LogP contribution in [0.15, 0.2) is 24.4 Å². The fourth-order valence-electron chi connectivity index (χ4n) is 5.93. The Hall–Kier alpha value is -2.71. The van der Waals surface area contributed by atoms with Crippen molar-refractivity contribution < 1.29 is 14.3 Å². The highest BCUT2D eigenvalue weighted by Crippen LogP contribution is 2.36. The van der Waals surface area contributed by atoms with E-state index in [-0.39, 0.29) is 24.4 Å². The van der Waals surface area contributed by atoms with Gasteiger partial charge >= 0.3 is 0 Å². The van der Waals surface area contributed by atoms with Gasteiger partial charge in [0.2, 0.25) is 11.9 Å². The maximum atomic E-state index is 13.2. The van der Waals surface area contributed by atoms with E-state index in [1.807, 2.05) is 23.1 Å². The number of hydrogen-bond donors (Lipinski definition) is 1. The number of benzene rings is 1. The van der Waals surface area contributed by atoms with Crippen LogP contribution in [0.5, 0.6) is 0 Å². The number of carbonyl (C=O) groups excluding carboxylic acids is 2. The third kappa shape index (κ3) is 4.49. The molecule has 0 atom stereocenters. The van der Waals surface area contributed by atoms with E-state index in [1.165, 1.54) is 12.8 Å². The zero-order chi connectivity index (χ0) is 23.9. The molecule has 1 aromatic heterocycles. The molecular weight excluding hydrogens is 466 g/mol. The monoisotopic (exact) mass is 495 g/mol. The summed E-state index contributed by atoms with van der Waals surface area (Å²) >= 11 is 6.46. The summed E-state index contributed by atoms with van der Waals surface area (Å²) in [5, 5.41) is 3.80. The zero-order valence-corrected chi connectivity index (χ0v) is 20.5. The number of amides is 2. The van der Waals surface area contributed by atoms with Gasteiger partial charge in [0, 0.05) is 49.5 Å². The van der Waals surface area contributed by atoms with E-state index in [0.29, 0.717) is 40.7 Å². The average molecular weight is 496 g/mol. The molecule has 5 heterocycles. The van der Waals surface area contributed by atoms with Crippen molar-refractivity contribution in [2.24, 2.45) is 5.92 Å². The minimum atomic E-state index is -0.108. The largest absolute Gasteiger partial charge is 0.381 e. The molecule has 3 saturated heterocycles. The molecule has 2 aromatic rings. The van der Waals surface area contributed by atoms with Crippen molar-refractivity contribution in [1.82, 2.24) is 19.8 Å². The second kappa shape index (κ2) is 9.39. The van der Waals surface area contributed by atoms with Crippen molar-refractivity contribution in [1.29, 1.82) is 0 Å². The predicted octanol–water partition coefficient (Wildman–Crippen LogP) is 3.74. The van der Waals surface area contributed by atoms with E-state index >= 15 is 0 Å². The number of anilines is 1. The molecule has 1 aromatic carbocycles. The number of aromatic nitrogens is 2. The fourth-order valence-corrected chi connectivity index (χ4v) is 6.13. The zero-order valence-electron chi connectivity index (χ0n) is 19.7. The molecule has 1 aliphatic carbocycles. The van der Waals surface area contributed by atoms with Gasteiger partial charge in [-0.25, -0.2) is 9.97 Å². The molecule has 0 radical (unpaired) electrons. The molecule has 0 unspecified atom stereocenters. The Kier molecular flexibility index (Phi) is 6.10. The molecule has 4 aliphatic heterocycles. The van der Waals surface area contributed by atoms with Gasteiger partial charge in [-0.15, -0.1) is 0 Å². The Morgan fingerprint density at radius 3 is 2.69 bits per heavy atom. The van der Waals surface area contributed by atoms with Gasteiger partial charge in [0.15, 0.2) is 0 Å². The second-order valence-corrected chi connectivity index (χ2v) is 10.6. The summed E-state index contributed by atoms with van der Waals surface area (Å²) in [5.74, 6) is 1.11. The first-order valence-corrected chi connectivity index (χ1v) is 13.0. The molecule has 35 heavy (non-hydrogen) atoms. The molecular formula is C26H30ClN5O3. The number of fused-ring (bicyclic) bond motifs is 4. The quantitative estimate of drug-likeness (QED) is 0.679. The van der Waals surface area contributed by atoms with Gasteiger partial charge in [-0.05, 0) is 56.1 Å². The summed E-state index contributed by atoms with van der Waals surface area (Å²) in [7, 11) is 0. The predicted molar refractivity (Wildman–Crippen MR) is 132 cm³/mol. The number of piperidine rings is 2. The summed E-state index contributed by atoms with van der Waals surface area (Å²) in [6.07, 6.45) is 8.05. The molecule has 8 nitrogen and oxygen atoms in total. The smallest absolute Gasteiger partial charge is 0.254 e. The number of nitrogens with zero attached hydrogens (tertiary/aromatic N) is 4. The molecule has 7 rings (SSSR count). The van der Waals surface area contributed by atoms with Crippen LogP contribution >= 0.6 is 11.6 Å². The molecule has 4 fully saturated rings. The lowest BCUT2D eigenvalue weighted by molar-refractivity contribution is -0.139. The van der Waals surface area contributed by atoms with Gasteiger partial charge in [-0.1, -0.05) is 23.7 Å². The van der Waals surface area contributed by atoms with Crippen LogP contribution < -0.4 is 5.32 Å². The van der Waals surface area contributed by atoms with Crippen LogP contribution in [0.2, 0.25) is 5.02 Å². The van der Waals surface area contributed by atoms with Gasteiger partial charge in [0.25, 0.3) is 5.91 Å².